The molecule has 6 nitrogen and oxygen atoms in total. The molecule has 0 atom stereocenters. The van der Waals surface area contributed by atoms with Crippen LogP contribution in [-0.4, -0.2) is 16.7 Å². The number of carbonyl (C=O) groups is 2. The second-order valence-corrected chi connectivity index (χ2v) is 6.33. The van der Waals surface area contributed by atoms with Gasteiger partial charge in [-0.05, 0) is 18.2 Å². The number of benzene rings is 3. The van der Waals surface area contributed by atoms with Gasteiger partial charge in [-0.15, -0.1) is 0 Å². The molecule has 0 unspecified atom stereocenters. The van der Waals surface area contributed by atoms with E-state index in [9.17, 15) is 14.8 Å². The summed E-state index contributed by atoms with van der Waals surface area (Å²) in [6, 6.07) is 23.6. The first-order valence-electron chi connectivity index (χ1n) is 8.98. The van der Waals surface area contributed by atoms with Crippen molar-refractivity contribution in [1.82, 2.24) is 4.98 Å². The largest absolute Gasteiger partial charge is 0.618 e. The van der Waals surface area contributed by atoms with Crippen molar-refractivity contribution in [3.63, 3.8) is 0 Å². The summed E-state index contributed by atoms with van der Waals surface area (Å²) in [4.78, 5) is 29.8. The lowest BCUT2D eigenvalue weighted by molar-refractivity contribution is -0.580. The lowest BCUT2D eigenvalue weighted by Gasteiger charge is -2.12. The topological polar surface area (TPSA) is 83.2 Å². The standard InChI is InChI=1S/C23H16N2O4/c26-22(16-9-3-1-4-10-16)21-19(15-29-23(27)17-11-5-2-6-12-17)24-18-13-7-8-14-20(18)25(21)28/h1-14H,15H2. The summed E-state index contributed by atoms with van der Waals surface area (Å²) in [5.74, 6) is -1.04. The molecule has 0 aliphatic heterocycles. The molecule has 0 aliphatic rings. The Kier molecular flexibility index (Phi) is 4.99. The smallest absolute Gasteiger partial charge is 0.338 e. The zero-order valence-electron chi connectivity index (χ0n) is 15.3. The van der Waals surface area contributed by atoms with E-state index in [1.165, 1.54) is 0 Å². The molecule has 0 saturated carbocycles. The highest BCUT2D eigenvalue weighted by atomic mass is 16.5. The number of aromatic nitrogens is 2. The second kappa shape index (κ2) is 7.90. The monoisotopic (exact) mass is 384 g/mol. The number of ether oxygens (including phenoxy) is 1. The summed E-state index contributed by atoms with van der Waals surface area (Å²) < 4.78 is 5.90. The fraction of sp³-hybridized carbons (Fsp3) is 0.0435. The number of esters is 1. The molecule has 0 bridgehead atoms. The average molecular weight is 384 g/mol. The van der Waals surface area contributed by atoms with E-state index in [1.54, 1.807) is 84.9 Å². The van der Waals surface area contributed by atoms with Crippen LogP contribution in [0.3, 0.4) is 0 Å². The Labute approximate surface area is 166 Å². The lowest BCUT2D eigenvalue weighted by Crippen LogP contribution is -2.38. The van der Waals surface area contributed by atoms with Crippen LogP contribution in [-0.2, 0) is 11.3 Å². The van der Waals surface area contributed by atoms with Gasteiger partial charge in [0.1, 0.15) is 12.1 Å². The fourth-order valence-electron chi connectivity index (χ4n) is 3.01. The van der Waals surface area contributed by atoms with Gasteiger partial charge >= 0.3 is 5.97 Å². The number of para-hydroxylation sites is 2. The number of nitrogens with zero attached hydrogens (tertiary/aromatic N) is 2. The normalized spacial score (nSPS) is 10.6. The summed E-state index contributed by atoms with van der Waals surface area (Å²) in [7, 11) is 0. The summed E-state index contributed by atoms with van der Waals surface area (Å²) in [5.41, 5.74) is 1.36. The number of rotatable bonds is 5. The summed E-state index contributed by atoms with van der Waals surface area (Å²) in [6.07, 6.45) is 0. The van der Waals surface area contributed by atoms with Crippen LogP contribution in [0, 0.1) is 5.21 Å². The van der Waals surface area contributed by atoms with Crippen molar-refractivity contribution in [1.29, 1.82) is 0 Å². The van der Waals surface area contributed by atoms with Crippen LogP contribution < -0.4 is 4.73 Å². The Morgan fingerprint density at radius 2 is 1.41 bits per heavy atom. The number of fused-ring (bicyclic) bond motifs is 1. The fourth-order valence-corrected chi connectivity index (χ4v) is 3.01. The Balaban J connectivity index is 1.75. The Morgan fingerprint density at radius 3 is 2.10 bits per heavy atom. The van der Waals surface area contributed by atoms with E-state index in [-0.39, 0.29) is 23.5 Å². The van der Waals surface area contributed by atoms with Crippen molar-refractivity contribution in [2.45, 2.75) is 6.61 Å². The Bertz CT molecular complexity index is 1190. The molecule has 0 N–H and O–H groups in total. The molecule has 4 aromatic rings. The van der Waals surface area contributed by atoms with E-state index in [1.807, 2.05) is 0 Å². The number of carbonyl (C=O) groups excluding carboxylic acids is 2. The van der Waals surface area contributed by atoms with Gasteiger partial charge in [0.05, 0.1) is 5.56 Å². The Hall–Kier alpha value is -4.06. The van der Waals surface area contributed by atoms with Gasteiger partial charge in [0.15, 0.2) is 5.69 Å². The van der Waals surface area contributed by atoms with Crippen LogP contribution in [0.25, 0.3) is 11.0 Å². The summed E-state index contributed by atoms with van der Waals surface area (Å²) >= 11 is 0. The predicted molar refractivity (Wildman–Crippen MR) is 106 cm³/mol. The third-order valence-electron chi connectivity index (χ3n) is 4.43. The molecule has 142 valence electrons. The van der Waals surface area contributed by atoms with Crippen molar-refractivity contribution >= 4 is 22.8 Å². The van der Waals surface area contributed by atoms with E-state index in [0.717, 1.165) is 0 Å². The Morgan fingerprint density at radius 1 is 0.828 bits per heavy atom. The molecule has 0 spiro atoms. The van der Waals surface area contributed by atoms with Crippen LogP contribution in [0.15, 0.2) is 84.9 Å². The minimum absolute atomic E-state index is 0.108. The molecular weight excluding hydrogens is 368 g/mol. The maximum absolute atomic E-state index is 13.0. The van der Waals surface area contributed by atoms with Gasteiger partial charge in [-0.2, -0.15) is 4.73 Å². The highest BCUT2D eigenvalue weighted by Crippen LogP contribution is 2.16. The van der Waals surface area contributed by atoms with Crippen molar-refractivity contribution in [3.8, 4) is 0 Å². The first-order valence-corrected chi connectivity index (χ1v) is 8.98. The van der Waals surface area contributed by atoms with E-state index >= 15 is 0 Å². The van der Waals surface area contributed by atoms with Crippen molar-refractivity contribution in [3.05, 3.63) is 113 Å². The molecule has 0 saturated heterocycles. The number of ketones is 1. The van der Waals surface area contributed by atoms with Crippen LogP contribution in [0.1, 0.15) is 32.1 Å². The third kappa shape index (κ3) is 3.68. The van der Waals surface area contributed by atoms with Gasteiger partial charge in [0, 0.05) is 11.6 Å². The number of hydrogen-bond acceptors (Lipinski definition) is 5. The van der Waals surface area contributed by atoms with E-state index in [0.29, 0.717) is 21.4 Å². The summed E-state index contributed by atoms with van der Waals surface area (Å²) in [6.45, 7) is -0.297. The quantitative estimate of drug-likeness (QED) is 0.228. The molecule has 4 rings (SSSR count). The highest BCUT2D eigenvalue weighted by molar-refractivity contribution is 6.07. The van der Waals surface area contributed by atoms with Crippen molar-refractivity contribution in [2.75, 3.05) is 0 Å². The highest BCUT2D eigenvalue weighted by Gasteiger charge is 2.28. The van der Waals surface area contributed by atoms with Gasteiger partial charge in [-0.1, -0.05) is 60.7 Å². The number of hydrogen-bond donors (Lipinski definition) is 0. The molecule has 0 radical (unpaired) electrons. The molecule has 0 aliphatic carbocycles. The molecular formula is C23H16N2O4. The van der Waals surface area contributed by atoms with Gasteiger partial charge in [-0.25, -0.2) is 9.78 Å². The SMILES string of the molecule is O=C(OCc1nc2ccccc2[n+]([O-])c1C(=O)c1ccccc1)c1ccccc1. The predicted octanol–water partition coefficient (Wildman–Crippen LogP) is 3.46. The first-order chi connectivity index (χ1) is 14.1. The zero-order chi connectivity index (χ0) is 20.2. The maximum Gasteiger partial charge on any atom is 0.338 e. The molecule has 1 heterocycles. The minimum atomic E-state index is -0.559. The summed E-state index contributed by atoms with van der Waals surface area (Å²) in [5, 5.41) is 13.0. The van der Waals surface area contributed by atoms with Gasteiger partial charge in [0.25, 0.3) is 11.5 Å². The zero-order valence-corrected chi connectivity index (χ0v) is 15.3. The molecule has 29 heavy (non-hydrogen) atoms. The van der Waals surface area contributed by atoms with Gasteiger partial charge < -0.3 is 9.94 Å². The molecule has 3 aromatic carbocycles. The van der Waals surface area contributed by atoms with Crippen molar-refractivity contribution in [2.24, 2.45) is 0 Å². The average Bonchev–Trinajstić information content (AvgIpc) is 2.78. The third-order valence-corrected chi connectivity index (χ3v) is 4.43. The van der Waals surface area contributed by atoms with Crippen LogP contribution in [0.4, 0.5) is 0 Å². The minimum Gasteiger partial charge on any atom is -0.618 e. The lowest BCUT2D eigenvalue weighted by atomic mass is 10.1. The van der Waals surface area contributed by atoms with Gasteiger partial charge in [-0.3, -0.25) is 4.79 Å². The molecule has 0 amide bonds. The maximum atomic E-state index is 13.0. The molecule has 6 heteroatoms. The van der Waals surface area contributed by atoms with E-state index in [2.05, 4.69) is 4.98 Å². The van der Waals surface area contributed by atoms with Crippen LogP contribution >= 0.6 is 0 Å². The van der Waals surface area contributed by atoms with Crippen LogP contribution in [0.5, 0.6) is 0 Å². The second-order valence-electron chi connectivity index (χ2n) is 6.33. The first kappa shape index (κ1) is 18.3. The molecule has 1 aromatic heterocycles. The van der Waals surface area contributed by atoms with E-state index in [4.69, 9.17) is 4.74 Å². The van der Waals surface area contributed by atoms with Crippen molar-refractivity contribution < 1.29 is 19.1 Å². The van der Waals surface area contributed by atoms with Gasteiger partial charge in [0.2, 0.25) is 5.52 Å². The van der Waals surface area contributed by atoms with E-state index < -0.39 is 11.8 Å². The molecule has 0 fully saturated rings. The van der Waals surface area contributed by atoms with Crippen LogP contribution in [0.2, 0.25) is 0 Å².